The van der Waals surface area contributed by atoms with Crippen LogP contribution in [-0.4, -0.2) is 16.5 Å². The summed E-state index contributed by atoms with van der Waals surface area (Å²) in [6.07, 6.45) is 4.63. The minimum atomic E-state index is 0.322. The van der Waals surface area contributed by atoms with Crippen molar-refractivity contribution in [1.29, 1.82) is 0 Å². The molecule has 1 saturated carbocycles. The predicted molar refractivity (Wildman–Crippen MR) is 94.5 cm³/mol. The largest absolute Gasteiger partial charge is 0.348 e. The van der Waals surface area contributed by atoms with Crippen LogP contribution < -0.4 is 4.90 Å². The van der Waals surface area contributed by atoms with Crippen LogP contribution in [0.2, 0.25) is 10.2 Å². The molecule has 120 valence electrons. The Morgan fingerprint density at radius 2 is 1.78 bits per heavy atom. The minimum absolute atomic E-state index is 0.322. The minimum Gasteiger partial charge on any atom is -0.348 e. The number of halogens is 2. The van der Waals surface area contributed by atoms with Gasteiger partial charge in [0.1, 0.15) is 0 Å². The molecule has 1 aromatic heterocycles. The molecule has 1 aliphatic carbocycles. The van der Waals surface area contributed by atoms with Crippen molar-refractivity contribution in [3.8, 4) is 0 Å². The average Bonchev–Trinajstić information content (AvgIpc) is 3.27. The molecule has 23 heavy (non-hydrogen) atoms. The van der Waals surface area contributed by atoms with Crippen LogP contribution in [0.4, 0.5) is 5.82 Å². The highest BCUT2D eigenvalue weighted by Gasteiger charge is 2.32. The van der Waals surface area contributed by atoms with E-state index in [2.05, 4.69) is 17.0 Å². The van der Waals surface area contributed by atoms with Gasteiger partial charge in [-0.2, -0.15) is 0 Å². The van der Waals surface area contributed by atoms with Crippen molar-refractivity contribution in [3.63, 3.8) is 0 Å². The Balaban J connectivity index is 1.68. The molecule has 0 spiro atoms. The molecule has 5 heteroatoms. The number of hydrogen-bond acceptors (Lipinski definition) is 3. The lowest BCUT2D eigenvalue weighted by Crippen LogP contribution is -2.25. The second-order valence-corrected chi connectivity index (χ2v) is 7.28. The first-order chi connectivity index (χ1) is 11.1. The van der Waals surface area contributed by atoms with Crippen molar-refractivity contribution in [2.75, 3.05) is 11.4 Å². The summed E-state index contributed by atoms with van der Waals surface area (Å²) in [5.74, 6) is 1.45. The zero-order chi connectivity index (χ0) is 16.0. The maximum Gasteiger partial charge on any atom is 0.153 e. The number of aromatic nitrogens is 2. The molecule has 0 amide bonds. The lowest BCUT2D eigenvalue weighted by atomic mass is 10.0. The van der Waals surface area contributed by atoms with Gasteiger partial charge in [-0.3, -0.25) is 4.98 Å². The maximum absolute atomic E-state index is 6.41. The Morgan fingerprint density at radius 1 is 1.04 bits per heavy atom. The topological polar surface area (TPSA) is 29.0 Å². The van der Waals surface area contributed by atoms with Crippen LogP contribution in [0, 0.1) is 6.92 Å². The zero-order valence-corrected chi connectivity index (χ0v) is 14.6. The third-order valence-corrected chi connectivity index (χ3v) is 5.30. The van der Waals surface area contributed by atoms with Crippen LogP contribution in [0.1, 0.15) is 54.6 Å². The Morgan fingerprint density at radius 3 is 2.48 bits per heavy atom. The van der Waals surface area contributed by atoms with Gasteiger partial charge in [0.2, 0.25) is 0 Å². The maximum atomic E-state index is 6.41. The summed E-state index contributed by atoms with van der Waals surface area (Å²) in [4.78, 5) is 11.8. The van der Waals surface area contributed by atoms with Crippen molar-refractivity contribution >= 4 is 29.0 Å². The number of anilines is 1. The van der Waals surface area contributed by atoms with Crippen LogP contribution in [0.5, 0.6) is 0 Å². The molecule has 0 bridgehead atoms. The molecule has 2 aromatic rings. The molecule has 2 heterocycles. The van der Waals surface area contributed by atoms with Gasteiger partial charge in [-0.25, -0.2) is 4.98 Å². The number of nitrogens with zero attached hydrogens (tertiary/aromatic N) is 3. The normalized spacial score (nSPS) is 21.0. The highest BCUT2D eigenvalue weighted by molar-refractivity contribution is 6.30. The quantitative estimate of drug-likeness (QED) is 0.753. The molecule has 1 atom stereocenters. The summed E-state index contributed by atoms with van der Waals surface area (Å²) in [6.45, 7) is 3.03. The third-order valence-electron chi connectivity index (χ3n) is 4.77. The first kappa shape index (κ1) is 15.2. The van der Waals surface area contributed by atoms with Gasteiger partial charge in [-0.15, -0.1) is 0 Å². The summed E-state index contributed by atoms with van der Waals surface area (Å²) < 4.78 is 0. The van der Waals surface area contributed by atoms with Crippen molar-refractivity contribution in [3.05, 3.63) is 51.4 Å². The lowest BCUT2D eigenvalue weighted by molar-refractivity contribution is 0.705. The Kier molecular flexibility index (Phi) is 3.94. The first-order valence-electron chi connectivity index (χ1n) is 8.19. The molecule has 1 saturated heterocycles. The molecule has 4 rings (SSSR count). The summed E-state index contributed by atoms with van der Waals surface area (Å²) >= 11 is 12.4. The van der Waals surface area contributed by atoms with E-state index in [-0.39, 0.29) is 0 Å². The zero-order valence-electron chi connectivity index (χ0n) is 13.1. The molecule has 0 N–H and O–H groups in total. The fourth-order valence-electron chi connectivity index (χ4n) is 3.45. The number of aryl methyl sites for hydroxylation is 1. The van der Waals surface area contributed by atoms with E-state index in [0.717, 1.165) is 41.6 Å². The van der Waals surface area contributed by atoms with Crippen molar-refractivity contribution < 1.29 is 0 Å². The van der Waals surface area contributed by atoms with Crippen LogP contribution in [0.3, 0.4) is 0 Å². The third kappa shape index (κ3) is 2.92. The van der Waals surface area contributed by atoms with Gasteiger partial charge in [0.25, 0.3) is 0 Å². The van der Waals surface area contributed by atoms with E-state index in [1.807, 2.05) is 19.1 Å². The summed E-state index contributed by atoms with van der Waals surface area (Å²) in [5, 5.41) is 1.35. The number of rotatable bonds is 3. The molecule has 1 aliphatic heterocycles. The average molecular weight is 348 g/mol. The van der Waals surface area contributed by atoms with Gasteiger partial charge < -0.3 is 4.90 Å². The Bertz CT molecular complexity index is 726. The Labute approximate surface area is 146 Å². The van der Waals surface area contributed by atoms with Crippen molar-refractivity contribution in [2.24, 2.45) is 0 Å². The molecule has 3 nitrogen and oxygen atoms in total. The summed E-state index contributed by atoms with van der Waals surface area (Å²) in [5.41, 5.74) is 3.24. The van der Waals surface area contributed by atoms with Gasteiger partial charge in [-0.1, -0.05) is 35.3 Å². The van der Waals surface area contributed by atoms with Crippen molar-refractivity contribution in [1.82, 2.24) is 9.97 Å². The highest BCUT2D eigenvalue weighted by atomic mass is 35.5. The van der Waals surface area contributed by atoms with E-state index in [1.54, 1.807) is 0 Å². The molecular formula is C18H19Cl2N3. The lowest BCUT2D eigenvalue weighted by Gasteiger charge is -2.27. The highest BCUT2D eigenvalue weighted by Crippen LogP contribution is 2.43. The second kappa shape index (κ2) is 5.95. The van der Waals surface area contributed by atoms with E-state index >= 15 is 0 Å². The van der Waals surface area contributed by atoms with E-state index in [9.17, 15) is 0 Å². The number of hydrogen-bond donors (Lipinski definition) is 0. The monoisotopic (exact) mass is 347 g/mol. The first-order valence-corrected chi connectivity index (χ1v) is 8.95. The fourth-order valence-corrected chi connectivity index (χ4v) is 3.85. The van der Waals surface area contributed by atoms with Gasteiger partial charge in [-0.05, 0) is 50.3 Å². The van der Waals surface area contributed by atoms with Crippen LogP contribution in [-0.2, 0) is 0 Å². The van der Waals surface area contributed by atoms with Crippen LogP contribution in [0.25, 0.3) is 0 Å². The van der Waals surface area contributed by atoms with Crippen LogP contribution in [0.15, 0.2) is 24.3 Å². The molecule has 1 aromatic carbocycles. The second-order valence-electron chi connectivity index (χ2n) is 6.49. The standard InChI is InChI=1S/C18H19Cl2N3/c1-11-18(22-17(20)16(21-11)13-4-5-13)23-10-2-3-15(23)12-6-8-14(19)9-7-12/h6-9,13,15H,2-5,10H2,1H3. The summed E-state index contributed by atoms with van der Waals surface area (Å²) in [7, 11) is 0. The van der Waals surface area contributed by atoms with Crippen LogP contribution >= 0.6 is 23.2 Å². The molecule has 0 radical (unpaired) electrons. The molecular weight excluding hydrogens is 329 g/mol. The summed E-state index contributed by atoms with van der Waals surface area (Å²) in [6, 6.07) is 8.44. The van der Waals surface area contributed by atoms with Gasteiger partial charge in [0.15, 0.2) is 11.0 Å². The predicted octanol–water partition coefficient (Wildman–Crippen LogP) is 5.31. The molecule has 2 aliphatic rings. The van der Waals surface area contributed by atoms with Gasteiger partial charge in [0.05, 0.1) is 17.4 Å². The fraction of sp³-hybridized carbons (Fsp3) is 0.444. The van der Waals surface area contributed by atoms with Gasteiger partial charge >= 0.3 is 0 Å². The van der Waals surface area contributed by atoms with Crippen molar-refractivity contribution in [2.45, 2.75) is 44.6 Å². The van der Waals surface area contributed by atoms with E-state index in [1.165, 1.54) is 18.4 Å². The molecule has 2 fully saturated rings. The SMILES string of the molecule is Cc1nc(C2CC2)c(Cl)nc1N1CCCC1c1ccc(Cl)cc1. The van der Waals surface area contributed by atoms with Gasteiger partial charge in [0, 0.05) is 17.5 Å². The van der Waals surface area contributed by atoms with E-state index in [4.69, 9.17) is 33.2 Å². The smallest absolute Gasteiger partial charge is 0.153 e. The Hall–Kier alpha value is -1.32. The number of benzene rings is 1. The molecule has 1 unspecified atom stereocenters. The van der Waals surface area contributed by atoms with E-state index in [0.29, 0.717) is 17.1 Å². The van der Waals surface area contributed by atoms with E-state index < -0.39 is 0 Å².